The minimum atomic E-state index is 0.639. The summed E-state index contributed by atoms with van der Waals surface area (Å²) >= 11 is 0. The summed E-state index contributed by atoms with van der Waals surface area (Å²) in [5, 5.41) is 11.0. The molecule has 0 bridgehead atoms. The summed E-state index contributed by atoms with van der Waals surface area (Å²) in [7, 11) is 3.92. The number of hydrogen-bond donors (Lipinski definition) is 2. The predicted octanol–water partition coefficient (Wildman–Crippen LogP) is 3.69. The highest BCUT2D eigenvalue weighted by atomic mass is 16.1. The molecule has 0 aliphatic heterocycles. The zero-order valence-electron chi connectivity index (χ0n) is 17.5. The third-order valence-corrected chi connectivity index (χ3v) is 4.21. The van der Waals surface area contributed by atoms with E-state index < -0.39 is 0 Å². The molecule has 8 heteroatoms. The van der Waals surface area contributed by atoms with Gasteiger partial charge in [0.2, 0.25) is 11.9 Å². The summed E-state index contributed by atoms with van der Waals surface area (Å²) in [5.41, 5.74) is 3.95. The third-order valence-electron chi connectivity index (χ3n) is 4.21. The van der Waals surface area contributed by atoms with Gasteiger partial charge in [-0.2, -0.15) is 19.6 Å². The van der Waals surface area contributed by atoms with Crippen LogP contribution in [0.25, 0.3) is 5.65 Å². The van der Waals surface area contributed by atoms with Crippen molar-refractivity contribution in [3.63, 3.8) is 0 Å². The van der Waals surface area contributed by atoms with Crippen LogP contribution in [0.5, 0.6) is 0 Å². The van der Waals surface area contributed by atoms with E-state index in [0.29, 0.717) is 18.2 Å². The first-order chi connectivity index (χ1) is 14.1. The molecule has 8 nitrogen and oxygen atoms in total. The molecule has 2 heterocycles. The van der Waals surface area contributed by atoms with E-state index in [4.69, 9.17) is 14.8 Å². The van der Waals surface area contributed by atoms with Crippen LogP contribution in [0.15, 0.2) is 43.1 Å². The van der Waals surface area contributed by atoms with Gasteiger partial charge in [0.05, 0.1) is 6.20 Å². The van der Waals surface area contributed by atoms with Crippen molar-refractivity contribution in [3.8, 4) is 0 Å². The van der Waals surface area contributed by atoms with Crippen LogP contribution in [-0.2, 0) is 11.2 Å². The van der Waals surface area contributed by atoms with Crippen molar-refractivity contribution < 1.29 is 4.79 Å². The Balaban J connectivity index is 0.000000687. The summed E-state index contributed by atoms with van der Waals surface area (Å²) < 4.78 is 1.77. The highest BCUT2D eigenvalue weighted by molar-refractivity contribution is 5.64. The van der Waals surface area contributed by atoms with Crippen molar-refractivity contribution in [1.29, 1.82) is 0 Å². The van der Waals surface area contributed by atoms with Gasteiger partial charge in [0, 0.05) is 37.6 Å². The molecule has 1 aromatic carbocycles. The molecule has 0 spiro atoms. The number of hydrogen-bond acceptors (Lipinski definition) is 7. The Morgan fingerprint density at radius 2 is 1.97 bits per heavy atom. The van der Waals surface area contributed by atoms with E-state index in [1.165, 1.54) is 6.08 Å². The Labute approximate surface area is 171 Å². The Kier molecular flexibility index (Phi) is 8.14. The van der Waals surface area contributed by atoms with E-state index in [1.807, 2.05) is 44.6 Å². The maximum atomic E-state index is 9.06. The lowest BCUT2D eigenvalue weighted by molar-refractivity contribution is -0.104. The van der Waals surface area contributed by atoms with E-state index in [-0.39, 0.29) is 0 Å². The van der Waals surface area contributed by atoms with E-state index in [1.54, 1.807) is 4.52 Å². The molecule has 154 valence electrons. The summed E-state index contributed by atoms with van der Waals surface area (Å²) in [4.78, 5) is 20.6. The molecule has 0 saturated heterocycles. The molecule has 0 saturated carbocycles. The SMILES string of the molecule is C=CC=O.CCCN(C)c1nc(Nc2cccc(NC)c2)n2ncc(CC)c2n1. The Bertz CT molecular complexity index is 945. The molecule has 2 N–H and O–H groups in total. The normalized spacial score (nSPS) is 10.1. The number of aryl methyl sites for hydroxylation is 1. The summed E-state index contributed by atoms with van der Waals surface area (Å²) in [6.45, 7) is 8.27. The largest absolute Gasteiger partial charge is 0.388 e. The number of aldehydes is 1. The first kappa shape index (κ1) is 21.9. The van der Waals surface area contributed by atoms with Gasteiger partial charge in [-0.15, -0.1) is 0 Å². The summed E-state index contributed by atoms with van der Waals surface area (Å²) in [6, 6.07) is 8.06. The quantitative estimate of drug-likeness (QED) is 0.444. The molecule has 0 aliphatic rings. The molecule has 0 radical (unpaired) electrons. The Morgan fingerprint density at radius 3 is 2.59 bits per heavy atom. The molecular weight excluding hydrogens is 366 g/mol. The average molecular weight is 396 g/mol. The maximum Gasteiger partial charge on any atom is 0.233 e. The molecule has 3 rings (SSSR count). The number of carbonyl (C=O) groups is 1. The number of nitrogens with one attached hydrogen (secondary N) is 2. The molecule has 3 aromatic rings. The smallest absolute Gasteiger partial charge is 0.233 e. The number of fused-ring (bicyclic) bond motifs is 1. The Hall–Kier alpha value is -3.42. The van der Waals surface area contributed by atoms with Gasteiger partial charge < -0.3 is 15.5 Å². The standard InChI is InChI=1S/C18H25N7.C3H4O/c1-5-10-24(4)17-22-16-13(6-2)12-20-25(16)18(23-17)21-15-9-7-8-14(11-15)19-3;1-2-3-4/h7-9,11-12,19H,5-6,10H2,1-4H3,(H,21,22,23);2-3H,1H2. The molecule has 2 aromatic heterocycles. The lowest BCUT2D eigenvalue weighted by Gasteiger charge is -2.18. The molecule has 0 aliphatic carbocycles. The number of nitrogens with zero attached hydrogens (tertiary/aromatic N) is 5. The van der Waals surface area contributed by atoms with Crippen molar-refractivity contribution in [2.45, 2.75) is 26.7 Å². The van der Waals surface area contributed by atoms with Gasteiger partial charge >= 0.3 is 0 Å². The minimum Gasteiger partial charge on any atom is -0.388 e. The zero-order chi connectivity index (χ0) is 21.2. The summed E-state index contributed by atoms with van der Waals surface area (Å²) in [6.07, 6.45) is 5.62. The van der Waals surface area contributed by atoms with E-state index in [9.17, 15) is 0 Å². The second-order valence-corrected chi connectivity index (χ2v) is 6.36. The van der Waals surface area contributed by atoms with Gasteiger partial charge in [0.15, 0.2) is 5.65 Å². The zero-order valence-corrected chi connectivity index (χ0v) is 17.5. The highest BCUT2D eigenvalue weighted by Gasteiger charge is 2.14. The molecule has 0 fully saturated rings. The van der Waals surface area contributed by atoms with Gasteiger partial charge in [-0.25, -0.2) is 0 Å². The number of allylic oxidation sites excluding steroid dienone is 1. The lowest BCUT2D eigenvalue weighted by Crippen LogP contribution is -2.22. The second-order valence-electron chi connectivity index (χ2n) is 6.36. The van der Waals surface area contributed by atoms with Crippen LogP contribution in [0, 0.1) is 0 Å². The van der Waals surface area contributed by atoms with E-state index in [2.05, 4.69) is 41.1 Å². The number of anilines is 4. The van der Waals surface area contributed by atoms with Crippen LogP contribution in [0.1, 0.15) is 25.8 Å². The number of rotatable bonds is 8. The van der Waals surface area contributed by atoms with Gasteiger partial charge in [0.1, 0.15) is 6.29 Å². The highest BCUT2D eigenvalue weighted by Crippen LogP contribution is 2.22. The molecule has 29 heavy (non-hydrogen) atoms. The first-order valence-corrected chi connectivity index (χ1v) is 9.64. The van der Waals surface area contributed by atoms with Gasteiger partial charge in [-0.3, -0.25) is 4.79 Å². The van der Waals surface area contributed by atoms with Crippen LogP contribution in [-0.4, -0.2) is 46.5 Å². The predicted molar refractivity (Wildman–Crippen MR) is 119 cm³/mol. The lowest BCUT2D eigenvalue weighted by atomic mass is 10.3. The van der Waals surface area contributed by atoms with Gasteiger partial charge in [0.25, 0.3) is 0 Å². The van der Waals surface area contributed by atoms with Crippen molar-refractivity contribution in [1.82, 2.24) is 19.6 Å². The van der Waals surface area contributed by atoms with Crippen molar-refractivity contribution in [3.05, 3.63) is 48.7 Å². The molecular formula is C21H29N7O. The van der Waals surface area contributed by atoms with Crippen molar-refractivity contribution in [2.75, 3.05) is 36.2 Å². The van der Waals surface area contributed by atoms with Gasteiger partial charge in [-0.05, 0) is 37.1 Å². The second kappa shape index (κ2) is 10.8. The number of benzene rings is 1. The molecule has 0 amide bonds. The van der Waals surface area contributed by atoms with Crippen LogP contribution < -0.4 is 15.5 Å². The molecule has 0 atom stereocenters. The first-order valence-electron chi connectivity index (χ1n) is 9.64. The van der Waals surface area contributed by atoms with Crippen molar-refractivity contribution >= 4 is 35.2 Å². The Morgan fingerprint density at radius 1 is 1.24 bits per heavy atom. The summed E-state index contributed by atoms with van der Waals surface area (Å²) in [5.74, 6) is 1.37. The number of carbonyl (C=O) groups excluding carboxylic acids is 1. The fourth-order valence-corrected chi connectivity index (χ4v) is 2.73. The van der Waals surface area contributed by atoms with E-state index >= 15 is 0 Å². The molecule has 0 unspecified atom stereocenters. The maximum absolute atomic E-state index is 9.06. The fraction of sp³-hybridized carbons (Fsp3) is 0.333. The van der Waals surface area contributed by atoms with Crippen LogP contribution in [0.4, 0.5) is 23.3 Å². The van der Waals surface area contributed by atoms with Crippen molar-refractivity contribution in [2.24, 2.45) is 0 Å². The number of aromatic nitrogens is 4. The van der Waals surface area contributed by atoms with Crippen LogP contribution in [0.2, 0.25) is 0 Å². The van der Waals surface area contributed by atoms with Crippen LogP contribution in [0.3, 0.4) is 0 Å². The third kappa shape index (κ3) is 5.54. The topological polar surface area (TPSA) is 87.5 Å². The van der Waals surface area contributed by atoms with Crippen LogP contribution >= 0.6 is 0 Å². The van der Waals surface area contributed by atoms with E-state index in [0.717, 1.165) is 42.0 Å². The fourth-order valence-electron chi connectivity index (χ4n) is 2.73. The van der Waals surface area contributed by atoms with Gasteiger partial charge in [-0.1, -0.05) is 26.5 Å². The average Bonchev–Trinajstić information content (AvgIpc) is 3.17. The minimum absolute atomic E-state index is 0.639. The monoisotopic (exact) mass is 395 g/mol.